The van der Waals surface area contributed by atoms with Gasteiger partial charge in [0, 0.05) is 25.2 Å². The van der Waals surface area contributed by atoms with Gasteiger partial charge in [-0.25, -0.2) is 4.79 Å². The summed E-state index contributed by atoms with van der Waals surface area (Å²) < 4.78 is 51.0. The average molecular weight is 552 g/mol. The van der Waals surface area contributed by atoms with Crippen LogP contribution in [-0.4, -0.2) is 43.2 Å². The fourth-order valence-corrected chi connectivity index (χ4v) is 4.91. The molecule has 7 heteroatoms. The number of carbonyl (C=O) groups is 1. The number of nitrogens with zero attached hydrogens (tertiary/aromatic N) is 1. The van der Waals surface area contributed by atoms with Gasteiger partial charge in [0.25, 0.3) is 0 Å². The highest BCUT2D eigenvalue weighted by Crippen LogP contribution is 2.34. The molecule has 3 aromatic carbocycles. The molecule has 0 aliphatic carbocycles. The summed E-state index contributed by atoms with van der Waals surface area (Å²) in [6, 6.07) is 21.6. The summed E-state index contributed by atoms with van der Waals surface area (Å²) in [7, 11) is 0. The van der Waals surface area contributed by atoms with Crippen molar-refractivity contribution in [2.75, 3.05) is 26.2 Å². The second kappa shape index (κ2) is 13.7. The van der Waals surface area contributed by atoms with Crippen LogP contribution in [0.4, 0.5) is 13.2 Å². The summed E-state index contributed by atoms with van der Waals surface area (Å²) >= 11 is 0. The lowest BCUT2D eigenvalue weighted by molar-refractivity contribution is -0.151. The second-order valence-corrected chi connectivity index (χ2v) is 9.95. The van der Waals surface area contributed by atoms with E-state index in [9.17, 15) is 18.0 Å². The molecule has 0 fully saturated rings. The second-order valence-electron chi connectivity index (χ2n) is 9.95. The number of benzene rings is 3. The first kappa shape index (κ1) is 29.4. The van der Waals surface area contributed by atoms with E-state index in [2.05, 4.69) is 11.0 Å². The monoisotopic (exact) mass is 551 g/mol. The molecule has 40 heavy (non-hydrogen) atoms. The van der Waals surface area contributed by atoms with Gasteiger partial charge in [0.2, 0.25) is 0 Å². The third kappa shape index (κ3) is 7.75. The van der Waals surface area contributed by atoms with Crippen molar-refractivity contribution in [3.8, 4) is 16.9 Å². The highest BCUT2D eigenvalue weighted by Gasteiger charge is 2.30. The lowest BCUT2D eigenvalue weighted by Gasteiger charge is -2.27. The van der Waals surface area contributed by atoms with Gasteiger partial charge in [0.15, 0.2) is 6.10 Å². The Morgan fingerprint density at radius 1 is 0.975 bits per heavy atom. The van der Waals surface area contributed by atoms with Gasteiger partial charge in [-0.1, -0.05) is 74.0 Å². The van der Waals surface area contributed by atoms with E-state index in [0.29, 0.717) is 37.3 Å². The third-order valence-electron chi connectivity index (χ3n) is 7.07. The molecule has 0 saturated carbocycles. The molecule has 1 heterocycles. The average Bonchev–Trinajstić information content (AvgIpc) is 2.96. The zero-order valence-corrected chi connectivity index (χ0v) is 23.0. The standard InChI is InChI=1S/C33H36F3NO3/c1-3-9-30(32(38)39-4-2)40-31-22-24(14-15-29(31)26-10-6-5-7-11-26)16-19-37-20-17-25(18-21-37)27-12-8-13-28(23-27)33(34,35)36/h5-8,10-15,17,22-23,30H,3-4,9,16,18-21H2,1-2H3. The SMILES string of the molecule is CCCC(Oc1cc(CCN2CC=C(c3cccc(C(F)(F)F)c3)CC2)ccc1-c1ccccc1)C(=O)OCC. The molecule has 4 rings (SSSR count). The van der Waals surface area contributed by atoms with E-state index in [1.54, 1.807) is 13.0 Å². The first-order valence-corrected chi connectivity index (χ1v) is 13.9. The van der Waals surface area contributed by atoms with Crippen LogP contribution in [0.15, 0.2) is 78.9 Å². The summed E-state index contributed by atoms with van der Waals surface area (Å²) in [5.41, 5.74) is 3.98. The smallest absolute Gasteiger partial charge is 0.416 e. The predicted molar refractivity (Wildman–Crippen MR) is 152 cm³/mol. The molecular weight excluding hydrogens is 515 g/mol. The largest absolute Gasteiger partial charge is 0.478 e. The zero-order valence-electron chi connectivity index (χ0n) is 23.0. The number of halogens is 3. The molecule has 0 radical (unpaired) electrons. The maximum absolute atomic E-state index is 13.1. The summed E-state index contributed by atoms with van der Waals surface area (Å²) in [4.78, 5) is 14.9. The van der Waals surface area contributed by atoms with Gasteiger partial charge in [0.05, 0.1) is 12.2 Å². The van der Waals surface area contributed by atoms with Crippen molar-refractivity contribution >= 4 is 11.5 Å². The maximum Gasteiger partial charge on any atom is 0.416 e. The maximum atomic E-state index is 13.1. The predicted octanol–water partition coefficient (Wildman–Crippen LogP) is 7.81. The summed E-state index contributed by atoms with van der Waals surface area (Å²) in [5, 5.41) is 0. The van der Waals surface area contributed by atoms with Gasteiger partial charge in [0.1, 0.15) is 5.75 Å². The Kier molecular flexibility index (Phi) is 10.0. The molecule has 0 saturated heterocycles. The zero-order chi connectivity index (χ0) is 28.5. The molecule has 1 aliphatic rings. The van der Waals surface area contributed by atoms with Crippen LogP contribution in [0.3, 0.4) is 0 Å². The van der Waals surface area contributed by atoms with Crippen molar-refractivity contribution in [2.45, 2.75) is 51.8 Å². The van der Waals surface area contributed by atoms with Gasteiger partial charge >= 0.3 is 12.1 Å². The molecule has 0 bridgehead atoms. The highest BCUT2D eigenvalue weighted by molar-refractivity contribution is 5.76. The Labute approximate surface area is 234 Å². The Morgan fingerprint density at radius 3 is 2.42 bits per heavy atom. The van der Waals surface area contributed by atoms with Crippen molar-refractivity contribution in [1.29, 1.82) is 0 Å². The van der Waals surface area contributed by atoms with Crippen molar-refractivity contribution in [1.82, 2.24) is 4.90 Å². The molecule has 212 valence electrons. The third-order valence-corrected chi connectivity index (χ3v) is 7.07. The first-order valence-electron chi connectivity index (χ1n) is 13.9. The van der Waals surface area contributed by atoms with E-state index in [-0.39, 0.29) is 5.97 Å². The Bertz CT molecular complexity index is 1300. The van der Waals surface area contributed by atoms with Crippen molar-refractivity contribution in [2.24, 2.45) is 0 Å². The molecule has 4 nitrogen and oxygen atoms in total. The summed E-state index contributed by atoms with van der Waals surface area (Å²) in [6.45, 7) is 6.35. The number of alkyl halides is 3. The van der Waals surface area contributed by atoms with Crippen LogP contribution in [-0.2, 0) is 22.1 Å². The molecule has 1 unspecified atom stereocenters. The van der Waals surface area contributed by atoms with E-state index in [1.807, 2.05) is 55.5 Å². The minimum atomic E-state index is -4.34. The van der Waals surface area contributed by atoms with Crippen molar-refractivity contribution in [3.63, 3.8) is 0 Å². The van der Waals surface area contributed by atoms with Gasteiger partial charge < -0.3 is 9.47 Å². The lowest BCUT2D eigenvalue weighted by atomic mass is 9.97. The van der Waals surface area contributed by atoms with E-state index in [1.165, 1.54) is 12.1 Å². The van der Waals surface area contributed by atoms with Crippen LogP contribution in [0, 0.1) is 0 Å². The number of rotatable bonds is 11. The van der Waals surface area contributed by atoms with Gasteiger partial charge in [-0.2, -0.15) is 13.2 Å². The van der Waals surface area contributed by atoms with Gasteiger partial charge in [-0.3, -0.25) is 4.90 Å². The molecule has 0 aromatic heterocycles. The highest BCUT2D eigenvalue weighted by atomic mass is 19.4. The molecule has 1 atom stereocenters. The van der Waals surface area contributed by atoms with E-state index < -0.39 is 17.8 Å². The Morgan fingerprint density at radius 2 is 1.75 bits per heavy atom. The molecule has 0 amide bonds. The number of hydrogen-bond donors (Lipinski definition) is 0. The Hall–Kier alpha value is -3.58. The van der Waals surface area contributed by atoms with Crippen LogP contribution in [0.1, 0.15) is 49.8 Å². The van der Waals surface area contributed by atoms with Crippen LogP contribution >= 0.6 is 0 Å². The van der Waals surface area contributed by atoms with E-state index in [0.717, 1.165) is 54.3 Å². The number of esters is 1. The quantitative estimate of drug-likeness (QED) is 0.228. The minimum Gasteiger partial charge on any atom is -0.478 e. The molecule has 1 aliphatic heterocycles. The number of hydrogen-bond acceptors (Lipinski definition) is 4. The normalized spacial score (nSPS) is 14.9. The fraction of sp³-hybridized carbons (Fsp3) is 0.364. The van der Waals surface area contributed by atoms with Crippen LogP contribution in [0.25, 0.3) is 16.7 Å². The summed E-state index contributed by atoms with van der Waals surface area (Å²) in [6.07, 6.45) is -0.176. The Balaban J connectivity index is 1.47. The molecular formula is C33H36F3NO3. The summed E-state index contributed by atoms with van der Waals surface area (Å²) in [5.74, 6) is 0.297. The van der Waals surface area contributed by atoms with E-state index in [4.69, 9.17) is 9.47 Å². The van der Waals surface area contributed by atoms with Crippen LogP contribution < -0.4 is 4.74 Å². The van der Waals surface area contributed by atoms with Crippen molar-refractivity contribution < 1.29 is 27.4 Å². The molecule has 3 aromatic rings. The number of ether oxygens (including phenoxy) is 2. The van der Waals surface area contributed by atoms with Crippen LogP contribution in [0.2, 0.25) is 0 Å². The topological polar surface area (TPSA) is 38.8 Å². The van der Waals surface area contributed by atoms with Gasteiger partial charge in [-0.05, 0) is 66.6 Å². The molecule has 0 N–H and O–H groups in total. The minimum absolute atomic E-state index is 0.299. The van der Waals surface area contributed by atoms with E-state index >= 15 is 0 Å². The van der Waals surface area contributed by atoms with Crippen LogP contribution in [0.5, 0.6) is 5.75 Å². The first-order chi connectivity index (χ1) is 19.3. The molecule has 0 spiro atoms. The fourth-order valence-electron chi connectivity index (χ4n) is 4.91. The van der Waals surface area contributed by atoms with Gasteiger partial charge in [-0.15, -0.1) is 0 Å². The number of carbonyl (C=O) groups excluding carboxylic acids is 1. The van der Waals surface area contributed by atoms with Crippen molar-refractivity contribution in [3.05, 3.63) is 95.6 Å². The lowest BCUT2D eigenvalue weighted by Crippen LogP contribution is -2.30.